The van der Waals surface area contributed by atoms with Gasteiger partial charge in [0.1, 0.15) is 0 Å². The van der Waals surface area contributed by atoms with E-state index >= 15 is 0 Å². The Morgan fingerprint density at radius 1 is 1.30 bits per heavy atom. The van der Waals surface area contributed by atoms with Crippen molar-refractivity contribution in [3.8, 4) is 5.75 Å². The number of fused-ring (bicyclic) bond motifs is 3. The van der Waals surface area contributed by atoms with E-state index in [0.29, 0.717) is 22.4 Å². The van der Waals surface area contributed by atoms with Gasteiger partial charge < -0.3 is 20.5 Å². The van der Waals surface area contributed by atoms with Crippen molar-refractivity contribution in [2.75, 3.05) is 37.4 Å². The fraction of sp³-hybridized carbons (Fsp3) is 0.455. The van der Waals surface area contributed by atoms with E-state index in [0.717, 1.165) is 31.6 Å². The van der Waals surface area contributed by atoms with Crippen LogP contribution in [0.15, 0.2) is 24.5 Å². The second kappa shape index (κ2) is 7.84. The number of hydrogen-bond donors (Lipinski definition) is 2. The first-order chi connectivity index (χ1) is 15.8. The molecule has 0 radical (unpaired) electrons. The van der Waals surface area contributed by atoms with Crippen LogP contribution < -0.4 is 15.4 Å². The largest absolute Gasteiger partial charge is 0.494 e. The molecule has 0 aliphatic carbocycles. The van der Waals surface area contributed by atoms with Gasteiger partial charge in [-0.25, -0.2) is 14.4 Å². The van der Waals surface area contributed by atoms with Crippen LogP contribution in [0.25, 0.3) is 16.6 Å². The summed E-state index contributed by atoms with van der Waals surface area (Å²) in [7, 11) is 1.41. The molecule has 0 unspecified atom stereocenters. The molecule has 4 aromatic rings. The van der Waals surface area contributed by atoms with Crippen molar-refractivity contribution < 1.29 is 14.2 Å². The zero-order valence-corrected chi connectivity index (χ0v) is 18.9. The van der Waals surface area contributed by atoms with Gasteiger partial charge in [0.2, 0.25) is 5.95 Å². The Balaban J connectivity index is 1.48. The molecular formula is C22H27FN8O2. The number of anilines is 2. The van der Waals surface area contributed by atoms with Crippen molar-refractivity contribution in [3.05, 3.63) is 36.2 Å². The van der Waals surface area contributed by atoms with Crippen molar-refractivity contribution in [1.82, 2.24) is 29.4 Å². The number of piperidine rings is 1. The molecular weight excluding hydrogens is 427 g/mol. The SMILES string of the molecule is COc1cc2nc(N)n3nc([C@@H]4CCCN(c5cnn(C(C)(C)CO)c5)C4)nc3c2cc1F. The Bertz CT molecular complexity index is 1330. The van der Waals surface area contributed by atoms with Gasteiger partial charge in [0.25, 0.3) is 0 Å². The number of nitrogens with two attached hydrogens (primary N) is 1. The molecule has 0 bridgehead atoms. The lowest BCUT2D eigenvalue weighted by molar-refractivity contribution is 0.152. The maximum Gasteiger partial charge on any atom is 0.223 e. The third kappa shape index (κ3) is 3.62. The number of methoxy groups -OCH3 is 1. The maximum atomic E-state index is 14.4. The van der Waals surface area contributed by atoms with Crippen LogP contribution in [0, 0.1) is 5.82 Å². The minimum absolute atomic E-state index is 0.00219. The number of aliphatic hydroxyl groups excluding tert-OH is 1. The van der Waals surface area contributed by atoms with E-state index in [-0.39, 0.29) is 24.2 Å². The molecule has 3 N–H and O–H groups in total. The minimum atomic E-state index is -0.491. The minimum Gasteiger partial charge on any atom is -0.494 e. The monoisotopic (exact) mass is 454 g/mol. The van der Waals surface area contributed by atoms with Crippen molar-refractivity contribution in [3.63, 3.8) is 0 Å². The van der Waals surface area contributed by atoms with E-state index in [1.165, 1.54) is 23.8 Å². The van der Waals surface area contributed by atoms with E-state index in [2.05, 4.69) is 20.1 Å². The molecule has 11 heteroatoms. The van der Waals surface area contributed by atoms with Crippen LogP contribution in [-0.2, 0) is 5.54 Å². The first-order valence-corrected chi connectivity index (χ1v) is 10.9. The number of aliphatic hydroxyl groups is 1. The summed E-state index contributed by atoms with van der Waals surface area (Å²) in [6.07, 6.45) is 5.68. The predicted octanol–water partition coefficient (Wildman–Crippen LogP) is 2.32. The summed E-state index contributed by atoms with van der Waals surface area (Å²) in [6.45, 7) is 5.48. The zero-order chi connectivity index (χ0) is 23.3. The highest BCUT2D eigenvalue weighted by atomic mass is 19.1. The van der Waals surface area contributed by atoms with Gasteiger partial charge in [0.15, 0.2) is 23.0 Å². The lowest BCUT2D eigenvalue weighted by atomic mass is 9.97. The van der Waals surface area contributed by atoms with Crippen molar-refractivity contribution in [1.29, 1.82) is 0 Å². The topological polar surface area (TPSA) is 120 Å². The Kier molecular flexibility index (Phi) is 5.08. The van der Waals surface area contributed by atoms with Gasteiger partial charge in [-0.05, 0) is 32.8 Å². The molecule has 5 rings (SSSR count). The Labute approximate surface area is 189 Å². The van der Waals surface area contributed by atoms with E-state index in [1.54, 1.807) is 4.68 Å². The first-order valence-electron chi connectivity index (χ1n) is 10.9. The van der Waals surface area contributed by atoms with Crippen LogP contribution >= 0.6 is 0 Å². The van der Waals surface area contributed by atoms with E-state index in [4.69, 9.17) is 15.5 Å². The highest BCUT2D eigenvalue weighted by Crippen LogP contribution is 2.32. The molecule has 174 valence electrons. The number of nitrogens with zero attached hydrogens (tertiary/aromatic N) is 7. The molecule has 1 aliphatic rings. The highest BCUT2D eigenvalue weighted by molar-refractivity contribution is 5.93. The van der Waals surface area contributed by atoms with Gasteiger partial charge in [0.05, 0.1) is 36.7 Å². The normalized spacial score (nSPS) is 17.2. The number of benzene rings is 1. The Morgan fingerprint density at radius 2 is 2.12 bits per heavy atom. The summed E-state index contributed by atoms with van der Waals surface area (Å²) < 4.78 is 22.7. The molecule has 1 atom stereocenters. The van der Waals surface area contributed by atoms with Gasteiger partial charge in [-0.2, -0.15) is 9.61 Å². The quantitative estimate of drug-likeness (QED) is 0.472. The number of hydrogen-bond acceptors (Lipinski definition) is 8. The molecule has 1 fully saturated rings. The summed E-state index contributed by atoms with van der Waals surface area (Å²) in [6, 6.07) is 2.88. The van der Waals surface area contributed by atoms with Gasteiger partial charge in [0, 0.05) is 36.7 Å². The number of rotatable bonds is 5. The van der Waals surface area contributed by atoms with Crippen molar-refractivity contribution in [2.45, 2.75) is 38.1 Å². The summed E-state index contributed by atoms with van der Waals surface area (Å²) in [5, 5.41) is 19.2. The highest BCUT2D eigenvalue weighted by Gasteiger charge is 2.28. The summed E-state index contributed by atoms with van der Waals surface area (Å²) in [4.78, 5) is 11.4. The van der Waals surface area contributed by atoms with Crippen LogP contribution in [0.5, 0.6) is 5.75 Å². The fourth-order valence-corrected chi connectivity index (χ4v) is 4.28. The molecule has 4 heterocycles. The summed E-state index contributed by atoms with van der Waals surface area (Å²) in [5.41, 5.74) is 7.64. The van der Waals surface area contributed by atoms with Gasteiger partial charge in [-0.3, -0.25) is 4.68 Å². The lowest BCUT2D eigenvalue weighted by Crippen LogP contribution is -2.35. The van der Waals surface area contributed by atoms with Crippen molar-refractivity contribution in [2.24, 2.45) is 0 Å². The third-order valence-electron chi connectivity index (χ3n) is 6.31. The Hall–Kier alpha value is -3.47. The van der Waals surface area contributed by atoms with Crippen LogP contribution in [0.1, 0.15) is 38.4 Å². The molecule has 1 aliphatic heterocycles. The van der Waals surface area contributed by atoms with Gasteiger partial charge >= 0.3 is 0 Å². The van der Waals surface area contributed by atoms with E-state index in [1.807, 2.05) is 26.2 Å². The molecule has 0 amide bonds. The second-order valence-corrected chi connectivity index (χ2v) is 9.08. The maximum absolute atomic E-state index is 14.4. The fourth-order valence-electron chi connectivity index (χ4n) is 4.28. The summed E-state index contributed by atoms with van der Waals surface area (Å²) in [5.74, 6) is 0.525. The van der Waals surface area contributed by atoms with E-state index in [9.17, 15) is 9.50 Å². The molecule has 1 saturated heterocycles. The predicted molar refractivity (Wildman–Crippen MR) is 122 cm³/mol. The van der Waals surface area contributed by atoms with Crippen LogP contribution in [0.3, 0.4) is 0 Å². The molecule has 0 saturated carbocycles. The zero-order valence-electron chi connectivity index (χ0n) is 18.9. The third-order valence-corrected chi connectivity index (χ3v) is 6.31. The summed E-state index contributed by atoms with van der Waals surface area (Å²) >= 11 is 0. The average molecular weight is 455 g/mol. The second-order valence-electron chi connectivity index (χ2n) is 9.08. The van der Waals surface area contributed by atoms with Gasteiger partial charge in [-0.1, -0.05) is 0 Å². The molecule has 0 spiro atoms. The molecule has 33 heavy (non-hydrogen) atoms. The molecule has 3 aromatic heterocycles. The number of nitrogen functional groups attached to an aromatic ring is 1. The van der Waals surface area contributed by atoms with Crippen LogP contribution in [-0.4, -0.2) is 61.3 Å². The number of halogens is 1. The van der Waals surface area contributed by atoms with Crippen LogP contribution in [0.2, 0.25) is 0 Å². The van der Waals surface area contributed by atoms with Crippen LogP contribution in [0.4, 0.5) is 16.0 Å². The molecule has 10 nitrogen and oxygen atoms in total. The van der Waals surface area contributed by atoms with E-state index < -0.39 is 11.4 Å². The smallest absolute Gasteiger partial charge is 0.223 e. The van der Waals surface area contributed by atoms with Gasteiger partial charge in [-0.15, -0.1) is 5.10 Å². The first kappa shape index (κ1) is 21.4. The number of ether oxygens (including phenoxy) is 1. The number of aromatic nitrogens is 6. The van der Waals surface area contributed by atoms with Crippen molar-refractivity contribution >= 4 is 28.2 Å². The lowest BCUT2D eigenvalue weighted by Gasteiger charge is -2.32. The molecule has 1 aromatic carbocycles. The standard InChI is InChI=1S/C22H27FN8O2/c1-22(2,12-32)30-11-14(9-25-30)29-6-4-5-13(10-29)19-27-20-15-7-16(23)18(33-3)8-17(15)26-21(24)31(20)28-19/h7-9,11,13,32H,4-6,10,12H2,1-3H3,(H2,24,26)/t13-/m1/s1. The Morgan fingerprint density at radius 3 is 2.88 bits per heavy atom. The average Bonchev–Trinajstić information content (AvgIpc) is 3.48.